The highest BCUT2D eigenvalue weighted by Gasteiger charge is 2.28. The van der Waals surface area contributed by atoms with Gasteiger partial charge in [0.1, 0.15) is 18.3 Å². The lowest BCUT2D eigenvalue weighted by molar-refractivity contribution is -0.129. The Bertz CT molecular complexity index is 128. The summed E-state index contributed by atoms with van der Waals surface area (Å²) in [7, 11) is 0. The first-order valence-corrected chi connectivity index (χ1v) is 3.26. The quantitative estimate of drug-likeness (QED) is 0.294. The molecule has 0 aliphatic rings. The first kappa shape index (κ1) is 10.8. The normalized spacial score (nSPS) is 21.9. The van der Waals surface area contributed by atoms with Crippen LogP contribution in [0.5, 0.6) is 0 Å². The molecule has 0 radical (unpaired) electrons. The molecule has 0 amide bonds. The van der Waals surface area contributed by atoms with Crippen molar-refractivity contribution in [3.05, 3.63) is 0 Å². The summed E-state index contributed by atoms with van der Waals surface area (Å²) in [5.74, 6) is 0. The van der Waals surface area contributed by atoms with Crippen LogP contribution in [0.4, 0.5) is 0 Å². The molecule has 4 atom stereocenters. The van der Waals surface area contributed by atoms with Gasteiger partial charge in [0.15, 0.2) is 11.8 Å². The van der Waals surface area contributed by atoms with E-state index in [9.17, 15) is 4.79 Å². The maximum absolute atomic E-state index is 9.83. The average Bonchev–Trinajstić information content (AvgIpc) is 2.00. The van der Waals surface area contributed by atoms with E-state index in [1.165, 1.54) is 0 Å². The highest BCUT2D eigenvalue weighted by Crippen LogP contribution is 2.06. The Balaban J connectivity index is 4.00. The lowest BCUT2D eigenvalue weighted by atomic mass is 10.1. The van der Waals surface area contributed by atoms with E-state index in [0.29, 0.717) is 0 Å². The van der Waals surface area contributed by atoms with Crippen molar-refractivity contribution in [3.8, 4) is 0 Å². The molecule has 0 rings (SSSR count). The van der Waals surface area contributed by atoms with Crippen LogP contribution in [0.3, 0.4) is 0 Å². The first-order valence-electron chi connectivity index (χ1n) is 2.82. The van der Waals surface area contributed by atoms with Crippen LogP contribution in [0.2, 0.25) is 0 Å². The second-order valence-electron chi connectivity index (χ2n) is 1.98. The van der Waals surface area contributed by atoms with Crippen LogP contribution in [0.1, 0.15) is 0 Å². The van der Waals surface area contributed by atoms with E-state index in [1.807, 2.05) is 0 Å². The number of carbonyl (C=O) groups excluding carboxylic acids is 1. The minimum atomic E-state index is -1.76. The topological polar surface area (TPSA) is 98.0 Å². The number of aliphatic hydroxyl groups is 4. The molecular weight excluding hydrogens is 176 g/mol. The Morgan fingerprint density at radius 3 is 1.82 bits per heavy atom. The molecule has 4 N–H and O–H groups in total. The van der Waals surface area contributed by atoms with Gasteiger partial charge in [-0.05, 0) is 0 Å². The molecule has 0 aromatic rings. The molecule has 0 aliphatic carbocycles. The van der Waals surface area contributed by atoms with E-state index in [-0.39, 0.29) is 6.29 Å². The SMILES string of the molecule is O=CC(O)C(O)C(O)C(O)Cl. The van der Waals surface area contributed by atoms with Gasteiger partial charge in [-0.3, -0.25) is 0 Å². The third kappa shape index (κ3) is 3.13. The summed E-state index contributed by atoms with van der Waals surface area (Å²) < 4.78 is 0. The molecule has 0 heterocycles. The number of aliphatic hydroxyl groups excluding tert-OH is 4. The van der Waals surface area contributed by atoms with Gasteiger partial charge in [-0.25, -0.2) is 0 Å². The molecule has 0 bridgehead atoms. The molecule has 6 heteroatoms. The van der Waals surface area contributed by atoms with Crippen molar-refractivity contribution in [2.24, 2.45) is 0 Å². The zero-order chi connectivity index (χ0) is 9.02. The van der Waals surface area contributed by atoms with Crippen molar-refractivity contribution < 1.29 is 25.2 Å². The summed E-state index contributed by atoms with van der Waals surface area (Å²) in [6, 6.07) is 0. The Morgan fingerprint density at radius 1 is 1.09 bits per heavy atom. The Hall–Kier alpha value is -0.200. The molecule has 11 heavy (non-hydrogen) atoms. The van der Waals surface area contributed by atoms with Crippen molar-refractivity contribution in [1.29, 1.82) is 0 Å². The number of hydrogen-bond acceptors (Lipinski definition) is 5. The standard InChI is InChI=1S/C5H9ClO5/c6-5(11)4(10)3(9)2(8)1-7/h1-5,8-11H. The van der Waals surface area contributed by atoms with Gasteiger partial charge >= 0.3 is 0 Å². The van der Waals surface area contributed by atoms with Gasteiger partial charge < -0.3 is 25.2 Å². The van der Waals surface area contributed by atoms with E-state index in [4.69, 9.17) is 32.0 Å². The van der Waals surface area contributed by atoms with Gasteiger partial charge in [0.05, 0.1) is 0 Å². The van der Waals surface area contributed by atoms with Crippen molar-refractivity contribution in [1.82, 2.24) is 0 Å². The second kappa shape index (κ2) is 4.63. The number of alkyl halides is 1. The number of hydrogen-bond donors (Lipinski definition) is 4. The molecule has 0 saturated carbocycles. The maximum Gasteiger partial charge on any atom is 0.156 e. The zero-order valence-corrected chi connectivity index (χ0v) is 6.22. The largest absolute Gasteiger partial charge is 0.387 e. The molecule has 5 nitrogen and oxygen atoms in total. The van der Waals surface area contributed by atoms with Gasteiger partial charge in [-0.2, -0.15) is 0 Å². The highest BCUT2D eigenvalue weighted by molar-refractivity contribution is 6.19. The fraction of sp³-hybridized carbons (Fsp3) is 0.800. The zero-order valence-electron chi connectivity index (χ0n) is 5.46. The molecule has 0 aromatic carbocycles. The molecular formula is C5H9ClO5. The van der Waals surface area contributed by atoms with E-state index in [2.05, 4.69) is 0 Å². The molecule has 0 saturated heterocycles. The van der Waals surface area contributed by atoms with Crippen LogP contribution in [0.15, 0.2) is 0 Å². The third-order valence-electron chi connectivity index (χ3n) is 1.12. The predicted octanol–water partition coefficient (Wildman–Crippen LogP) is -2.17. The summed E-state index contributed by atoms with van der Waals surface area (Å²) in [6.45, 7) is 0. The van der Waals surface area contributed by atoms with Gasteiger partial charge in [-0.15, -0.1) is 0 Å². The van der Waals surface area contributed by atoms with E-state index >= 15 is 0 Å². The fourth-order valence-electron chi connectivity index (χ4n) is 0.445. The van der Waals surface area contributed by atoms with E-state index < -0.39 is 23.9 Å². The van der Waals surface area contributed by atoms with Crippen molar-refractivity contribution in [3.63, 3.8) is 0 Å². The summed E-state index contributed by atoms with van der Waals surface area (Å²) >= 11 is 4.94. The minimum Gasteiger partial charge on any atom is -0.387 e. The smallest absolute Gasteiger partial charge is 0.156 e. The number of rotatable bonds is 4. The molecule has 0 aliphatic heterocycles. The minimum absolute atomic E-state index is 0.0349. The van der Waals surface area contributed by atoms with Crippen molar-refractivity contribution in [2.45, 2.75) is 23.9 Å². The van der Waals surface area contributed by atoms with E-state index in [0.717, 1.165) is 0 Å². The Morgan fingerprint density at radius 2 is 1.55 bits per heavy atom. The Labute approximate surface area is 67.8 Å². The second-order valence-corrected chi connectivity index (χ2v) is 2.43. The van der Waals surface area contributed by atoms with Crippen LogP contribution < -0.4 is 0 Å². The first-order chi connectivity index (χ1) is 5.00. The van der Waals surface area contributed by atoms with Crippen LogP contribution in [0, 0.1) is 0 Å². The summed E-state index contributed by atoms with van der Waals surface area (Å²) in [5, 5.41) is 34.6. The molecule has 0 fully saturated rings. The van der Waals surface area contributed by atoms with Crippen molar-refractivity contribution in [2.75, 3.05) is 0 Å². The molecule has 0 aromatic heterocycles. The van der Waals surface area contributed by atoms with Crippen LogP contribution in [-0.2, 0) is 4.79 Å². The van der Waals surface area contributed by atoms with Gasteiger partial charge in [0, 0.05) is 0 Å². The number of halogens is 1. The van der Waals surface area contributed by atoms with Crippen LogP contribution in [0.25, 0.3) is 0 Å². The average molecular weight is 185 g/mol. The predicted molar refractivity (Wildman–Crippen MR) is 35.9 cm³/mol. The molecule has 4 unspecified atom stereocenters. The highest BCUT2D eigenvalue weighted by atomic mass is 35.5. The fourth-order valence-corrected chi connectivity index (χ4v) is 0.594. The van der Waals surface area contributed by atoms with Crippen LogP contribution >= 0.6 is 11.6 Å². The lowest BCUT2D eigenvalue weighted by Crippen LogP contribution is -2.43. The molecule has 66 valence electrons. The van der Waals surface area contributed by atoms with Crippen molar-refractivity contribution >= 4 is 17.9 Å². The summed E-state index contributed by atoms with van der Waals surface area (Å²) in [6.07, 6.45) is -5.21. The molecule has 0 spiro atoms. The maximum atomic E-state index is 9.83. The monoisotopic (exact) mass is 184 g/mol. The van der Waals surface area contributed by atoms with Gasteiger partial charge in [0.25, 0.3) is 0 Å². The van der Waals surface area contributed by atoms with E-state index in [1.54, 1.807) is 0 Å². The number of carbonyl (C=O) groups is 1. The van der Waals surface area contributed by atoms with Crippen LogP contribution in [-0.4, -0.2) is 50.6 Å². The Kier molecular flexibility index (Phi) is 4.55. The number of aldehydes is 1. The lowest BCUT2D eigenvalue weighted by Gasteiger charge is -2.19. The summed E-state index contributed by atoms with van der Waals surface area (Å²) in [5.41, 5.74) is -1.71. The third-order valence-corrected chi connectivity index (χ3v) is 1.38. The summed E-state index contributed by atoms with van der Waals surface area (Å²) in [4.78, 5) is 9.83. The van der Waals surface area contributed by atoms with Gasteiger partial charge in [-0.1, -0.05) is 11.6 Å². The van der Waals surface area contributed by atoms with Gasteiger partial charge in [0.2, 0.25) is 0 Å².